The van der Waals surface area contributed by atoms with Gasteiger partial charge in [-0.25, -0.2) is 9.67 Å². The van der Waals surface area contributed by atoms with Crippen LogP contribution in [0.1, 0.15) is 41.5 Å². The molecule has 0 aliphatic heterocycles. The molecule has 28 heavy (non-hydrogen) atoms. The Morgan fingerprint density at radius 1 is 1.07 bits per heavy atom. The van der Waals surface area contributed by atoms with Gasteiger partial charge in [-0.05, 0) is 41.8 Å². The number of amides is 1. The van der Waals surface area contributed by atoms with Crippen molar-refractivity contribution >= 4 is 16.7 Å². The first kappa shape index (κ1) is 17.9. The van der Waals surface area contributed by atoms with Gasteiger partial charge >= 0.3 is 0 Å². The topological polar surface area (TPSA) is 59.8 Å². The largest absolute Gasteiger partial charge is 0.345 e. The third kappa shape index (κ3) is 3.27. The summed E-state index contributed by atoms with van der Waals surface area (Å²) < 4.78 is 1.73. The molecule has 1 N–H and O–H groups in total. The van der Waals surface area contributed by atoms with E-state index < -0.39 is 0 Å². The van der Waals surface area contributed by atoms with Crippen LogP contribution in [0.15, 0.2) is 73.1 Å². The molecule has 5 nitrogen and oxygen atoms in total. The molecule has 0 saturated heterocycles. The number of pyridine rings is 1. The van der Waals surface area contributed by atoms with Crippen molar-refractivity contribution in [2.24, 2.45) is 0 Å². The fraction of sp³-hybridized carbons (Fsp3) is 0.174. The number of benzene rings is 2. The van der Waals surface area contributed by atoms with Gasteiger partial charge in [0.2, 0.25) is 0 Å². The van der Waals surface area contributed by atoms with E-state index >= 15 is 0 Å². The predicted molar refractivity (Wildman–Crippen MR) is 111 cm³/mol. The van der Waals surface area contributed by atoms with E-state index in [1.54, 1.807) is 17.1 Å². The number of rotatable bonds is 5. The summed E-state index contributed by atoms with van der Waals surface area (Å²) in [5, 5.41) is 9.85. The number of hydrogen-bond acceptors (Lipinski definition) is 3. The van der Waals surface area contributed by atoms with Gasteiger partial charge in [-0.2, -0.15) is 5.10 Å². The van der Waals surface area contributed by atoms with Crippen molar-refractivity contribution in [2.45, 2.75) is 26.3 Å². The van der Waals surface area contributed by atoms with Crippen LogP contribution in [0.3, 0.4) is 0 Å². The molecule has 0 fully saturated rings. The van der Waals surface area contributed by atoms with Gasteiger partial charge in [0.15, 0.2) is 5.82 Å². The highest BCUT2D eigenvalue weighted by atomic mass is 16.1. The summed E-state index contributed by atoms with van der Waals surface area (Å²) in [6.07, 6.45) is 4.03. The van der Waals surface area contributed by atoms with Crippen LogP contribution in [0.2, 0.25) is 0 Å². The first-order valence-corrected chi connectivity index (χ1v) is 9.46. The van der Waals surface area contributed by atoms with Gasteiger partial charge < -0.3 is 5.32 Å². The summed E-state index contributed by atoms with van der Waals surface area (Å²) in [6, 6.07) is 19.9. The first-order valence-electron chi connectivity index (χ1n) is 9.46. The van der Waals surface area contributed by atoms with Gasteiger partial charge in [0.05, 0.1) is 23.5 Å². The average Bonchev–Trinajstić information content (AvgIpc) is 3.18. The van der Waals surface area contributed by atoms with E-state index in [-0.39, 0.29) is 11.9 Å². The summed E-state index contributed by atoms with van der Waals surface area (Å²) in [7, 11) is 0. The maximum Gasteiger partial charge on any atom is 0.255 e. The minimum absolute atomic E-state index is 0.124. The Morgan fingerprint density at radius 2 is 1.86 bits per heavy atom. The Hall–Kier alpha value is -3.47. The molecule has 4 aromatic rings. The van der Waals surface area contributed by atoms with E-state index in [9.17, 15) is 4.79 Å². The number of nitrogens with zero attached hydrogens (tertiary/aromatic N) is 3. The summed E-state index contributed by atoms with van der Waals surface area (Å²) in [6.45, 7) is 4.02. The molecule has 140 valence electrons. The maximum absolute atomic E-state index is 13.0. The van der Waals surface area contributed by atoms with E-state index in [4.69, 9.17) is 0 Å². The minimum Gasteiger partial charge on any atom is -0.345 e. The normalized spacial score (nSPS) is 12.1. The van der Waals surface area contributed by atoms with Crippen molar-refractivity contribution in [1.82, 2.24) is 20.1 Å². The van der Waals surface area contributed by atoms with E-state index in [0.29, 0.717) is 17.8 Å². The molecule has 1 unspecified atom stereocenters. The Morgan fingerprint density at radius 3 is 2.64 bits per heavy atom. The van der Waals surface area contributed by atoms with Crippen molar-refractivity contribution < 1.29 is 4.79 Å². The van der Waals surface area contributed by atoms with Crippen LogP contribution in [0.4, 0.5) is 0 Å². The lowest BCUT2D eigenvalue weighted by atomic mass is 9.99. The van der Waals surface area contributed by atoms with Gasteiger partial charge in [-0.15, -0.1) is 0 Å². The van der Waals surface area contributed by atoms with Crippen LogP contribution in [-0.4, -0.2) is 20.7 Å². The van der Waals surface area contributed by atoms with Gasteiger partial charge in [-0.1, -0.05) is 55.5 Å². The molecule has 0 spiro atoms. The zero-order valence-electron chi connectivity index (χ0n) is 16.0. The number of carbonyl (C=O) groups is 1. The second kappa shape index (κ2) is 7.64. The number of aromatic nitrogens is 3. The maximum atomic E-state index is 13.0. The van der Waals surface area contributed by atoms with E-state index in [1.165, 1.54) is 5.39 Å². The van der Waals surface area contributed by atoms with Gasteiger partial charge in [0, 0.05) is 6.20 Å². The molecule has 5 heteroatoms. The van der Waals surface area contributed by atoms with Crippen LogP contribution in [0, 0.1) is 0 Å². The second-order valence-corrected chi connectivity index (χ2v) is 6.72. The van der Waals surface area contributed by atoms with Crippen LogP contribution in [0.5, 0.6) is 0 Å². The first-order chi connectivity index (χ1) is 13.7. The summed E-state index contributed by atoms with van der Waals surface area (Å²) in [5.74, 6) is 0.583. The Labute approximate surface area is 164 Å². The van der Waals surface area contributed by atoms with E-state index in [1.807, 2.05) is 50.2 Å². The van der Waals surface area contributed by atoms with Gasteiger partial charge in [0.1, 0.15) is 0 Å². The molecule has 0 aliphatic carbocycles. The van der Waals surface area contributed by atoms with Crippen LogP contribution in [-0.2, 0) is 6.42 Å². The van der Waals surface area contributed by atoms with Gasteiger partial charge in [-0.3, -0.25) is 4.79 Å². The quantitative estimate of drug-likeness (QED) is 0.564. The number of nitrogens with one attached hydrogen (secondary N) is 1. The van der Waals surface area contributed by atoms with E-state index in [2.05, 4.69) is 39.7 Å². The predicted octanol–water partition coefficient (Wildman–Crippen LogP) is 4.47. The molecule has 0 saturated carbocycles. The van der Waals surface area contributed by atoms with Crippen molar-refractivity contribution in [2.75, 3.05) is 0 Å². The Kier molecular flexibility index (Phi) is 4.89. The van der Waals surface area contributed by atoms with Crippen molar-refractivity contribution in [3.63, 3.8) is 0 Å². The Balaban J connectivity index is 1.63. The lowest BCUT2D eigenvalue weighted by Crippen LogP contribution is -2.27. The second-order valence-electron chi connectivity index (χ2n) is 6.72. The fourth-order valence-electron chi connectivity index (χ4n) is 3.56. The molecule has 2 aromatic heterocycles. The Bertz CT molecular complexity index is 1110. The molecule has 4 rings (SSSR count). The minimum atomic E-state index is -0.125. The van der Waals surface area contributed by atoms with Crippen LogP contribution in [0.25, 0.3) is 16.6 Å². The molecule has 2 aromatic carbocycles. The molecular weight excluding hydrogens is 348 g/mol. The lowest BCUT2D eigenvalue weighted by molar-refractivity contribution is 0.0939. The number of carbonyl (C=O) groups excluding carboxylic acids is 1. The smallest absolute Gasteiger partial charge is 0.255 e. The SMILES string of the molecule is CCc1c(C(=O)NC(C)c2cccc3ccccc23)cnn1-c1ccccn1. The highest BCUT2D eigenvalue weighted by molar-refractivity contribution is 5.96. The molecule has 1 atom stereocenters. The molecule has 1 amide bonds. The molecule has 0 radical (unpaired) electrons. The highest BCUT2D eigenvalue weighted by Gasteiger charge is 2.20. The summed E-state index contributed by atoms with van der Waals surface area (Å²) in [5.41, 5.74) is 2.53. The average molecular weight is 370 g/mol. The van der Waals surface area contributed by atoms with Crippen LogP contribution >= 0.6 is 0 Å². The number of hydrogen-bond donors (Lipinski definition) is 1. The van der Waals surface area contributed by atoms with Crippen molar-refractivity contribution in [3.05, 3.63) is 89.9 Å². The zero-order valence-corrected chi connectivity index (χ0v) is 16.0. The molecule has 0 aliphatic rings. The monoisotopic (exact) mass is 370 g/mol. The van der Waals surface area contributed by atoms with E-state index in [0.717, 1.165) is 16.6 Å². The summed E-state index contributed by atoms with van der Waals surface area (Å²) in [4.78, 5) is 17.3. The highest BCUT2D eigenvalue weighted by Crippen LogP contribution is 2.24. The number of fused-ring (bicyclic) bond motifs is 1. The fourth-order valence-corrected chi connectivity index (χ4v) is 3.56. The molecular formula is C23H22N4O. The third-order valence-corrected chi connectivity index (χ3v) is 4.95. The van der Waals surface area contributed by atoms with Crippen molar-refractivity contribution in [3.8, 4) is 5.82 Å². The lowest BCUT2D eigenvalue weighted by Gasteiger charge is -2.17. The molecule has 0 bridgehead atoms. The standard InChI is InChI=1S/C23H22N4O/c1-3-21-20(15-25-27(21)22-13-6-7-14-24-22)23(28)26-16(2)18-12-8-10-17-9-4-5-11-19(17)18/h4-16H,3H2,1-2H3,(H,26,28). The third-order valence-electron chi connectivity index (χ3n) is 4.95. The van der Waals surface area contributed by atoms with Crippen LogP contribution < -0.4 is 5.32 Å². The summed E-state index contributed by atoms with van der Waals surface area (Å²) >= 11 is 0. The van der Waals surface area contributed by atoms with Crippen molar-refractivity contribution in [1.29, 1.82) is 0 Å². The van der Waals surface area contributed by atoms with Gasteiger partial charge in [0.25, 0.3) is 5.91 Å². The zero-order chi connectivity index (χ0) is 19.5. The molecule has 2 heterocycles.